The molecule has 1 unspecified atom stereocenters. The van der Waals surface area contributed by atoms with Gasteiger partial charge in [-0.1, -0.05) is 32.0 Å². The van der Waals surface area contributed by atoms with Crippen molar-refractivity contribution in [2.75, 3.05) is 5.75 Å². The third kappa shape index (κ3) is 4.22. The van der Waals surface area contributed by atoms with E-state index in [0.717, 1.165) is 28.6 Å². The summed E-state index contributed by atoms with van der Waals surface area (Å²) in [6, 6.07) is 10.7. The van der Waals surface area contributed by atoms with Crippen LogP contribution in [-0.2, 0) is 6.42 Å². The van der Waals surface area contributed by atoms with Crippen LogP contribution in [-0.4, -0.2) is 16.8 Å². The van der Waals surface area contributed by atoms with E-state index in [1.807, 2.05) is 17.8 Å². The Bertz CT molecular complexity index is 564. The van der Waals surface area contributed by atoms with Crippen molar-refractivity contribution in [2.24, 2.45) is 11.7 Å². The molecule has 0 amide bonds. The van der Waals surface area contributed by atoms with Crippen molar-refractivity contribution in [3.05, 3.63) is 35.9 Å². The molecule has 0 radical (unpaired) electrons. The molecule has 0 fully saturated rings. The van der Waals surface area contributed by atoms with E-state index >= 15 is 0 Å². The van der Waals surface area contributed by atoms with Crippen molar-refractivity contribution in [3.8, 4) is 0 Å². The number of thioether (sulfide) groups is 1. The minimum atomic E-state index is 0.169. The van der Waals surface area contributed by atoms with E-state index in [0.29, 0.717) is 0 Å². The third-order valence-electron chi connectivity index (χ3n) is 3.24. The van der Waals surface area contributed by atoms with Gasteiger partial charge in [-0.15, -0.1) is 11.8 Å². The van der Waals surface area contributed by atoms with Crippen LogP contribution in [0.4, 0.5) is 0 Å². The Morgan fingerprint density at radius 2 is 1.95 bits per heavy atom. The maximum absolute atomic E-state index is 5.98. The van der Waals surface area contributed by atoms with E-state index in [2.05, 4.69) is 45.0 Å². The van der Waals surface area contributed by atoms with Gasteiger partial charge in [0.2, 0.25) is 0 Å². The molecule has 0 aliphatic heterocycles. The fourth-order valence-electron chi connectivity index (χ4n) is 2.15. The summed E-state index contributed by atoms with van der Waals surface area (Å²) in [5.74, 6) is 1.86. The van der Waals surface area contributed by atoms with Gasteiger partial charge < -0.3 is 5.73 Å². The predicted molar refractivity (Wildman–Crippen MR) is 89.3 cm³/mol. The fraction of sp³-hybridized carbons (Fsp3) is 0.471. The van der Waals surface area contributed by atoms with Gasteiger partial charge in [-0.2, -0.15) is 0 Å². The van der Waals surface area contributed by atoms with Crippen molar-refractivity contribution in [3.63, 3.8) is 0 Å². The number of hydrogen-bond donors (Lipinski definition) is 1. The third-order valence-corrected chi connectivity index (χ3v) is 4.31. The first-order valence-electron chi connectivity index (χ1n) is 7.33. The van der Waals surface area contributed by atoms with Gasteiger partial charge in [0.15, 0.2) is 0 Å². The molecule has 1 atom stereocenters. The highest BCUT2D eigenvalue weighted by molar-refractivity contribution is 7.99. The number of nitrogens with zero attached hydrogens (tertiary/aromatic N) is 1. The molecule has 0 aliphatic rings. The van der Waals surface area contributed by atoms with Gasteiger partial charge in [-0.25, -0.2) is 4.98 Å². The van der Waals surface area contributed by atoms with Crippen LogP contribution in [0.15, 0.2) is 35.4 Å². The van der Waals surface area contributed by atoms with Crippen LogP contribution in [0.2, 0.25) is 0 Å². The van der Waals surface area contributed by atoms with Crippen LogP contribution in [0.5, 0.6) is 0 Å². The van der Waals surface area contributed by atoms with Gasteiger partial charge in [-0.05, 0) is 49.1 Å². The second-order valence-electron chi connectivity index (χ2n) is 5.86. The largest absolute Gasteiger partial charge is 0.328 e. The Hall–Kier alpha value is -1.06. The average Bonchev–Trinajstić information content (AvgIpc) is 2.38. The normalized spacial score (nSPS) is 13.1. The van der Waals surface area contributed by atoms with Crippen LogP contribution >= 0.6 is 11.8 Å². The standard InChI is InChI=1S/C17H24N2S/c1-12(2)8-9-20-17-15(10-13(3)18)11-14-6-4-5-7-16(14)19-17/h4-7,11-13H,8-10,18H2,1-3H3. The maximum Gasteiger partial charge on any atom is 0.1000 e. The molecule has 1 heterocycles. The lowest BCUT2D eigenvalue weighted by atomic mass is 10.1. The summed E-state index contributed by atoms with van der Waals surface area (Å²) < 4.78 is 0. The zero-order valence-corrected chi connectivity index (χ0v) is 13.4. The molecule has 2 nitrogen and oxygen atoms in total. The van der Waals surface area contributed by atoms with Crippen molar-refractivity contribution in [1.82, 2.24) is 4.98 Å². The van der Waals surface area contributed by atoms with Crippen LogP contribution in [0.25, 0.3) is 10.9 Å². The maximum atomic E-state index is 5.98. The molecule has 2 aromatic rings. The van der Waals surface area contributed by atoms with Gasteiger partial charge in [-0.3, -0.25) is 0 Å². The molecule has 1 aromatic heterocycles. The summed E-state index contributed by atoms with van der Waals surface area (Å²) in [5.41, 5.74) is 8.34. The second-order valence-corrected chi connectivity index (χ2v) is 6.94. The van der Waals surface area contributed by atoms with Gasteiger partial charge in [0.05, 0.1) is 10.5 Å². The van der Waals surface area contributed by atoms with Crippen LogP contribution in [0.3, 0.4) is 0 Å². The number of nitrogens with two attached hydrogens (primary N) is 1. The molecule has 1 aromatic carbocycles. The summed E-state index contributed by atoms with van der Waals surface area (Å²) in [5, 5.41) is 2.36. The number of aromatic nitrogens is 1. The number of pyridine rings is 1. The van der Waals surface area contributed by atoms with E-state index in [9.17, 15) is 0 Å². The topological polar surface area (TPSA) is 38.9 Å². The van der Waals surface area contributed by atoms with E-state index in [1.54, 1.807) is 0 Å². The molecule has 0 spiro atoms. The summed E-state index contributed by atoms with van der Waals surface area (Å²) >= 11 is 1.87. The van der Waals surface area contributed by atoms with Crippen LogP contribution in [0, 0.1) is 5.92 Å². The molecule has 3 heteroatoms. The highest BCUT2D eigenvalue weighted by Crippen LogP contribution is 2.27. The molecule has 20 heavy (non-hydrogen) atoms. The minimum absolute atomic E-state index is 0.169. The number of para-hydroxylation sites is 1. The van der Waals surface area contributed by atoms with Gasteiger partial charge in [0, 0.05) is 11.4 Å². The van der Waals surface area contributed by atoms with Crippen molar-refractivity contribution < 1.29 is 0 Å². The molecule has 0 aliphatic carbocycles. The van der Waals surface area contributed by atoms with Crippen molar-refractivity contribution in [1.29, 1.82) is 0 Å². The Morgan fingerprint density at radius 1 is 1.20 bits per heavy atom. The summed E-state index contributed by atoms with van der Waals surface area (Å²) in [6.45, 7) is 6.58. The predicted octanol–water partition coefficient (Wildman–Crippen LogP) is 4.26. The monoisotopic (exact) mass is 288 g/mol. The lowest BCUT2D eigenvalue weighted by Crippen LogP contribution is -2.18. The molecule has 0 saturated heterocycles. The van der Waals surface area contributed by atoms with E-state index in [-0.39, 0.29) is 6.04 Å². The Kier molecular flexibility index (Phi) is 5.44. The number of rotatable bonds is 6. The summed E-state index contributed by atoms with van der Waals surface area (Å²) in [6.07, 6.45) is 2.11. The summed E-state index contributed by atoms with van der Waals surface area (Å²) in [7, 11) is 0. The zero-order chi connectivity index (χ0) is 14.5. The lowest BCUT2D eigenvalue weighted by Gasteiger charge is -2.13. The van der Waals surface area contributed by atoms with Crippen LogP contribution in [0.1, 0.15) is 32.8 Å². The SMILES string of the molecule is CC(C)CCSc1nc2ccccc2cc1CC(C)N. The molecule has 2 N–H and O–H groups in total. The highest BCUT2D eigenvalue weighted by atomic mass is 32.2. The fourth-order valence-corrected chi connectivity index (χ4v) is 3.42. The first-order valence-corrected chi connectivity index (χ1v) is 8.32. The molecule has 2 rings (SSSR count). The average molecular weight is 288 g/mol. The zero-order valence-electron chi connectivity index (χ0n) is 12.6. The first-order chi connectivity index (χ1) is 9.56. The highest BCUT2D eigenvalue weighted by Gasteiger charge is 2.09. The van der Waals surface area contributed by atoms with E-state index < -0.39 is 0 Å². The Morgan fingerprint density at radius 3 is 2.65 bits per heavy atom. The van der Waals surface area contributed by atoms with Crippen molar-refractivity contribution in [2.45, 2.75) is 44.7 Å². The second kappa shape index (κ2) is 7.09. The number of hydrogen-bond acceptors (Lipinski definition) is 3. The smallest absolute Gasteiger partial charge is 0.1000 e. The van der Waals surface area contributed by atoms with E-state index in [4.69, 9.17) is 10.7 Å². The Balaban J connectivity index is 2.28. The quantitative estimate of drug-likeness (QED) is 0.807. The van der Waals surface area contributed by atoms with Gasteiger partial charge in [0.25, 0.3) is 0 Å². The van der Waals surface area contributed by atoms with Gasteiger partial charge >= 0.3 is 0 Å². The molecule has 0 saturated carbocycles. The van der Waals surface area contributed by atoms with Crippen molar-refractivity contribution >= 4 is 22.7 Å². The summed E-state index contributed by atoms with van der Waals surface area (Å²) in [4.78, 5) is 4.83. The van der Waals surface area contributed by atoms with Gasteiger partial charge in [0.1, 0.15) is 0 Å². The molecule has 0 bridgehead atoms. The first kappa shape index (κ1) is 15.3. The van der Waals surface area contributed by atoms with Crippen LogP contribution < -0.4 is 5.73 Å². The number of fused-ring (bicyclic) bond motifs is 1. The molecular formula is C17H24N2S. The Labute approximate surface area is 126 Å². The molecular weight excluding hydrogens is 264 g/mol. The molecule has 108 valence electrons. The number of benzene rings is 1. The van der Waals surface area contributed by atoms with E-state index in [1.165, 1.54) is 17.4 Å². The minimum Gasteiger partial charge on any atom is -0.328 e. The lowest BCUT2D eigenvalue weighted by molar-refractivity contribution is 0.631.